The van der Waals surface area contributed by atoms with Crippen LogP contribution in [0.2, 0.25) is 0 Å². The highest BCUT2D eigenvalue weighted by Crippen LogP contribution is 2.20. The molecule has 0 atom stereocenters. The molecule has 0 saturated carbocycles. The van der Waals surface area contributed by atoms with E-state index in [-0.39, 0.29) is 5.95 Å². The van der Waals surface area contributed by atoms with Crippen molar-refractivity contribution in [1.29, 1.82) is 0 Å². The van der Waals surface area contributed by atoms with E-state index in [2.05, 4.69) is 20.3 Å². The number of anilines is 2. The Morgan fingerprint density at radius 3 is 3.00 bits per heavy atom. The van der Waals surface area contributed by atoms with Crippen LogP contribution in [0.4, 0.5) is 11.6 Å². The summed E-state index contributed by atoms with van der Waals surface area (Å²) in [5.74, 6) is -1.12. The van der Waals surface area contributed by atoms with Gasteiger partial charge in [0, 0.05) is 11.9 Å². The van der Waals surface area contributed by atoms with Gasteiger partial charge in [0.05, 0.1) is 12.7 Å². The monoisotopic (exact) mass is 270 g/mol. The zero-order valence-corrected chi connectivity index (χ0v) is 10.3. The summed E-state index contributed by atoms with van der Waals surface area (Å²) in [4.78, 5) is 32.6. The van der Waals surface area contributed by atoms with Crippen molar-refractivity contribution in [2.24, 2.45) is 4.99 Å². The van der Waals surface area contributed by atoms with E-state index in [1.165, 1.54) is 0 Å². The number of aromatic nitrogens is 2. The quantitative estimate of drug-likeness (QED) is 0.775. The second-order valence-corrected chi connectivity index (χ2v) is 4.29. The van der Waals surface area contributed by atoms with Gasteiger partial charge in [-0.3, -0.25) is 14.8 Å². The Hall–Kier alpha value is -2.96. The summed E-state index contributed by atoms with van der Waals surface area (Å²) < 4.78 is 0. The lowest BCUT2D eigenvalue weighted by atomic mass is 10.1. The van der Waals surface area contributed by atoms with Crippen LogP contribution in [0.3, 0.4) is 0 Å². The van der Waals surface area contributed by atoms with E-state index in [4.69, 9.17) is 5.11 Å². The molecule has 0 spiro atoms. The lowest BCUT2D eigenvalue weighted by molar-refractivity contribution is 0.0694. The SMILES string of the molecule is O=C(O)c1cnc(Nc2ccc3c(c2)C=NC3)[nH]c1=O. The fourth-order valence-electron chi connectivity index (χ4n) is 1.93. The van der Waals surface area contributed by atoms with Crippen LogP contribution < -0.4 is 10.9 Å². The van der Waals surface area contributed by atoms with Crippen molar-refractivity contribution in [3.05, 3.63) is 51.4 Å². The average molecular weight is 270 g/mol. The summed E-state index contributed by atoms with van der Waals surface area (Å²) in [6.07, 6.45) is 2.81. The molecule has 0 amide bonds. The number of nitrogens with zero attached hydrogens (tertiary/aromatic N) is 2. The number of H-pyrrole nitrogens is 1. The summed E-state index contributed by atoms with van der Waals surface area (Å²) in [7, 11) is 0. The number of nitrogens with one attached hydrogen (secondary N) is 2. The third kappa shape index (κ3) is 2.16. The molecule has 0 radical (unpaired) electrons. The van der Waals surface area contributed by atoms with E-state index < -0.39 is 17.1 Å². The maximum atomic E-state index is 11.5. The number of carboxylic acids is 1. The van der Waals surface area contributed by atoms with Crippen molar-refractivity contribution < 1.29 is 9.90 Å². The summed E-state index contributed by atoms with van der Waals surface area (Å²) in [6.45, 7) is 0.679. The number of benzene rings is 1. The highest BCUT2D eigenvalue weighted by molar-refractivity contribution is 5.87. The van der Waals surface area contributed by atoms with Crippen LogP contribution in [-0.2, 0) is 6.54 Å². The van der Waals surface area contributed by atoms with E-state index in [0.29, 0.717) is 6.54 Å². The van der Waals surface area contributed by atoms with Crippen molar-refractivity contribution in [2.45, 2.75) is 6.54 Å². The predicted molar refractivity (Wildman–Crippen MR) is 72.8 cm³/mol. The highest BCUT2D eigenvalue weighted by atomic mass is 16.4. The van der Waals surface area contributed by atoms with E-state index in [9.17, 15) is 9.59 Å². The van der Waals surface area contributed by atoms with Crippen molar-refractivity contribution in [2.75, 3.05) is 5.32 Å². The van der Waals surface area contributed by atoms with Crippen LogP contribution in [0.15, 0.2) is 34.2 Å². The molecule has 2 aromatic rings. The molecule has 1 aromatic carbocycles. The van der Waals surface area contributed by atoms with Gasteiger partial charge >= 0.3 is 5.97 Å². The van der Waals surface area contributed by atoms with E-state index in [0.717, 1.165) is 23.0 Å². The van der Waals surface area contributed by atoms with E-state index >= 15 is 0 Å². The first kappa shape index (κ1) is 12.1. The molecule has 0 saturated heterocycles. The van der Waals surface area contributed by atoms with Gasteiger partial charge in [0.2, 0.25) is 5.95 Å². The van der Waals surface area contributed by atoms with E-state index in [1.807, 2.05) is 18.2 Å². The van der Waals surface area contributed by atoms with Crippen molar-refractivity contribution in [1.82, 2.24) is 9.97 Å². The predicted octanol–water partition coefficient (Wildman–Crippen LogP) is 1.14. The number of aromatic carboxylic acids is 1. The maximum absolute atomic E-state index is 11.5. The largest absolute Gasteiger partial charge is 0.477 e. The minimum atomic E-state index is -1.31. The lowest BCUT2D eigenvalue weighted by Gasteiger charge is -2.06. The second kappa shape index (κ2) is 4.61. The molecule has 7 heteroatoms. The van der Waals surface area contributed by atoms with Crippen molar-refractivity contribution in [3.8, 4) is 0 Å². The molecule has 1 aliphatic heterocycles. The molecule has 3 N–H and O–H groups in total. The molecule has 7 nitrogen and oxygen atoms in total. The van der Waals surface area contributed by atoms with Crippen LogP contribution in [0, 0.1) is 0 Å². The zero-order valence-electron chi connectivity index (χ0n) is 10.3. The Morgan fingerprint density at radius 2 is 2.25 bits per heavy atom. The van der Waals surface area contributed by atoms with Crippen LogP contribution in [-0.4, -0.2) is 27.3 Å². The summed E-state index contributed by atoms with van der Waals surface area (Å²) in [6, 6.07) is 5.67. The fourth-order valence-corrected chi connectivity index (χ4v) is 1.93. The van der Waals surface area contributed by atoms with Crippen molar-refractivity contribution in [3.63, 3.8) is 0 Å². The summed E-state index contributed by atoms with van der Waals surface area (Å²) in [5, 5.41) is 11.7. The second-order valence-electron chi connectivity index (χ2n) is 4.29. The molecule has 1 aromatic heterocycles. The minimum Gasteiger partial charge on any atom is -0.477 e. The van der Waals surface area contributed by atoms with Gasteiger partial charge in [-0.15, -0.1) is 0 Å². The fraction of sp³-hybridized carbons (Fsp3) is 0.0769. The molecule has 3 rings (SSSR count). The Morgan fingerprint density at radius 1 is 1.40 bits per heavy atom. The molecular weight excluding hydrogens is 260 g/mol. The molecule has 0 fully saturated rings. The number of fused-ring (bicyclic) bond motifs is 1. The van der Waals surface area contributed by atoms with Crippen LogP contribution in [0.1, 0.15) is 21.5 Å². The van der Waals surface area contributed by atoms with Crippen molar-refractivity contribution >= 4 is 23.8 Å². The Kier molecular flexibility index (Phi) is 2.79. The standard InChI is InChI=1S/C13H10N4O3/c18-11-10(12(19)20)6-15-13(17-11)16-9-2-1-7-4-14-5-8(7)3-9/h1-3,5-6H,4H2,(H,19,20)(H2,15,16,17,18). The maximum Gasteiger partial charge on any atom is 0.342 e. The van der Waals surface area contributed by atoms with Gasteiger partial charge in [0.25, 0.3) is 5.56 Å². The molecule has 2 heterocycles. The Bertz CT molecular complexity index is 779. The number of rotatable bonds is 3. The first-order valence-corrected chi connectivity index (χ1v) is 5.86. The van der Waals surface area contributed by atoms with Gasteiger partial charge < -0.3 is 10.4 Å². The number of aromatic amines is 1. The third-order valence-corrected chi connectivity index (χ3v) is 2.93. The molecule has 0 unspecified atom stereocenters. The number of carboxylic acid groups (broad SMARTS) is 1. The normalized spacial score (nSPS) is 12.2. The van der Waals surface area contributed by atoms with Gasteiger partial charge in [-0.25, -0.2) is 9.78 Å². The molecular formula is C13H10N4O3. The third-order valence-electron chi connectivity index (χ3n) is 2.93. The first-order chi connectivity index (χ1) is 9.63. The molecule has 0 aliphatic carbocycles. The highest BCUT2D eigenvalue weighted by Gasteiger charge is 2.11. The Balaban J connectivity index is 1.88. The average Bonchev–Trinajstić information content (AvgIpc) is 2.85. The molecule has 20 heavy (non-hydrogen) atoms. The zero-order chi connectivity index (χ0) is 14.1. The minimum absolute atomic E-state index is 0.190. The van der Waals surface area contributed by atoms with Gasteiger partial charge in [-0.1, -0.05) is 6.07 Å². The lowest BCUT2D eigenvalue weighted by Crippen LogP contribution is -2.19. The number of aliphatic imine (C=N–C) groups is 1. The Labute approximate surface area is 113 Å². The molecule has 0 bridgehead atoms. The molecule has 100 valence electrons. The topological polar surface area (TPSA) is 107 Å². The smallest absolute Gasteiger partial charge is 0.342 e. The van der Waals surface area contributed by atoms with Crippen LogP contribution >= 0.6 is 0 Å². The number of carbonyl (C=O) groups is 1. The number of hydrogen-bond donors (Lipinski definition) is 3. The molecule has 1 aliphatic rings. The van der Waals surface area contributed by atoms with Gasteiger partial charge in [0.1, 0.15) is 5.56 Å². The van der Waals surface area contributed by atoms with E-state index in [1.54, 1.807) is 6.21 Å². The summed E-state index contributed by atoms with van der Waals surface area (Å²) >= 11 is 0. The van der Waals surface area contributed by atoms with Gasteiger partial charge in [-0.05, 0) is 23.3 Å². The summed E-state index contributed by atoms with van der Waals surface area (Å²) in [5.41, 5.74) is 1.80. The van der Waals surface area contributed by atoms with Gasteiger partial charge in [0.15, 0.2) is 0 Å². The number of hydrogen-bond acceptors (Lipinski definition) is 5. The van der Waals surface area contributed by atoms with Crippen LogP contribution in [0.5, 0.6) is 0 Å². The van der Waals surface area contributed by atoms with Gasteiger partial charge in [-0.2, -0.15) is 0 Å². The van der Waals surface area contributed by atoms with Crippen LogP contribution in [0.25, 0.3) is 0 Å². The first-order valence-electron chi connectivity index (χ1n) is 5.86.